The van der Waals surface area contributed by atoms with Crippen LogP contribution in [-0.4, -0.2) is 34.8 Å². The minimum Gasteiger partial charge on any atom is -0.351 e. The molecule has 1 amide bonds. The largest absolute Gasteiger partial charge is 0.351 e. The smallest absolute Gasteiger partial charge is 0.248 e. The lowest BCUT2D eigenvalue weighted by Gasteiger charge is -2.40. The molecule has 1 aromatic heterocycles. The summed E-state index contributed by atoms with van der Waals surface area (Å²) in [6.45, 7) is 6.31. The van der Waals surface area contributed by atoms with Crippen LogP contribution in [0.5, 0.6) is 0 Å². The second-order valence-electron chi connectivity index (χ2n) is 7.08. The summed E-state index contributed by atoms with van der Waals surface area (Å²) in [5, 5.41) is 11.1. The van der Waals surface area contributed by atoms with Crippen LogP contribution in [0.25, 0.3) is 0 Å². The van der Waals surface area contributed by atoms with Gasteiger partial charge in [0.25, 0.3) is 0 Å². The zero-order chi connectivity index (χ0) is 15.6. The predicted octanol–water partition coefficient (Wildman–Crippen LogP) is 1.90. The number of aromatic nitrogens is 2. The van der Waals surface area contributed by atoms with Gasteiger partial charge in [0.05, 0.1) is 0 Å². The first-order chi connectivity index (χ1) is 10.6. The molecule has 1 aromatic rings. The van der Waals surface area contributed by atoms with Crippen molar-refractivity contribution in [3.63, 3.8) is 0 Å². The zero-order valence-electron chi connectivity index (χ0n) is 13.7. The van der Waals surface area contributed by atoms with Crippen molar-refractivity contribution in [1.82, 2.24) is 20.4 Å². The first kappa shape index (κ1) is 15.5. The fraction of sp³-hybridized carbons (Fsp3) is 0.765. The molecule has 3 atom stereocenters. The van der Waals surface area contributed by atoms with E-state index in [-0.39, 0.29) is 5.91 Å². The Kier molecular flexibility index (Phi) is 4.52. The number of rotatable bonds is 3. The van der Waals surface area contributed by atoms with E-state index < -0.39 is 5.54 Å². The zero-order valence-corrected chi connectivity index (χ0v) is 13.7. The molecule has 3 unspecified atom stereocenters. The average molecular weight is 304 g/mol. The van der Waals surface area contributed by atoms with Crippen LogP contribution in [0.3, 0.4) is 0 Å². The minimum atomic E-state index is -0.519. The Morgan fingerprint density at radius 3 is 2.77 bits per heavy atom. The van der Waals surface area contributed by atoms with Gasteiger partial charge in [0.1, 0.15) is 5.54 Å². The molecule has 3 rings (SSSR count). The number of hydrogen-bond donors (Lipinski definition) is 2. The van der Waals surface area contributed by atoms with Crippen LogP contribution >= 0.6 is 0 Å². The molecule has 1 aliphatic heterocycles. The third-order valence-electron chi connectivity index (χ3n) is 5.82. The summed E-state index contributed by atoms with van der Waals surface area (Å²) >= 11 is 0. The van der Waals surface area contributed by atoms with Crippen molar-refractivity contribution in [2.75, 3.05) is 13.1 Å². The third-order valence-corrected chi connectivity index (χ3v) is 5.82. The number of nitrogens with zero attached hydrogens (tertiary/aromatic N) is 2. The fourth-order valence-corrected chi connectivity index (χ4v) is 4.01. The van der Waals surface area contributed by atoms with Gasteiger partial charge < -0.3 is 10.6 Å². The van der Waals surface area contributed by atoms with Gasteiger partial charge in [0, 0.05) is 18.4 Å². The van der Waals surface area contributed by atoms with Crippen LogP contribution in [0, 0.1) is 11.8 Å². The highest BCUT2D eigenvalue weighted by molar-refractivity contribution is 5.84. The second kappa shape index (κ2) is 6.41. The molecule has 0 radical (unpaired) electrons. The van der Waals surface area contributed by atoms with Gasteiger partial charge in [0.2, 0.25) is 5.91 Å². The van der Waals surface area contributed by atoms with Crippen LogP contribution in [0.1, 0.15) is 46.0 Å². The number of amides is 1. The first-order valence-corrected chi connectivity index (χ1v) is 8.65. The monoisotopic (exact) mass is 304 g/mol. The van der Waals surface area contributed by atoms with E-state index in [1.54, 1.807) is 6.20 Å². The summed E-state index contributed by atoms with van der Waals surface area (Å²) < 4.78 is 1.88. The maximum absolute atomic E-state index is 13.1. The lowest BCUT2D eigenvalue weighted by Crippen LogP contribution is -2.57. The quantitative estimate of drug-likeness (QED) is 0.897. The summed E-state index contributed by atoms with van der Waals surface area (Å²) in [5.74, 6) is 1.39. The van der Waals surface area contributed by atoms with Crippen molar-refractivity contribution in [1.29, 1.82) is 0 Å². The summed E-state index contributed by atoms with van der Waals surface area (Å²) in [5.41, 5.74) is -0.519. The van der Waals surface area contributed by atoms with Gasteiger partial charge >= 0.3 is 0 Å². The molecular weight excluding hydrogens is 276 g/mol. The van der Waals surface area contributed by atoms with Crippen molar-refractivity contribution in [3.8, 4) is 0 Å². The van der Waals surface area contributed by atoms with Crippen molar-refractivity contribution in [2.45, 2.75) is 57.5 Å². The molecule has 22 heavy (non-hydrogen) atoms. The van der Waals surface area contributed by atoms with Crippen LogP contribution in [-0.2, 0) is 10.3 Å². The van der Waals surface area contributed by atoms with E-state index in [0.29, 0.717) is 17.9 Å². The highest BCUT2D eigenvalue weighted by Crippen LogP contribution is 2.32. The summed E-state index contributed by atoms with van der Waals surface area (Å²) in [6.07, 6.45) is 8.90. The van der Waals surface area contributed by atoms with E-state index in [4.69, 9.17) is 0 Å². The molecule has 1 saturated heterocycles. The fourth-order valence-electron chi connectivity index (χ4n) is 4.01. The summed E-state index contributed by atoms with van der Waals surface area (Å²) in [7, 11) is 0. The number of nitrogens with one attached hydrogen (secondary N) is 2. The number of piperidine rings is 1. The lowest BCUT2D eigenvalue weighted by atomic mass is 9.77. The molecule has 0 aromatic carbocycles. The average Bonchev–Trinajstić information content (AvgIpc) is 3.07. The first-order valence-electron chi connectivity index (χ1n) is 8.65. The Labute approximate surface area is 132 Å². The van der Waals surface area contributed by atoms with Gasteiger partial charge in [-0.2, -0.15) is 5.10 Å². The standard InChI is InChI=1S/C17H28N4O/c1-13-5-3-6-15(14(13)2)20-16(22)17(7-10-18-11-8-17)21-12-4-9-19-21/h4,9,12-15,18H,3,5-8,10-11H2,1-2H3,(H,20,22). The van der Waals surface area contributed by atoms with E-state index in [0.717, 1.165) is 32.4 Å². The summed E-state index contributed by atoms with van der Waals surface area (Å²) in [4.78, 5) is 13.1. The Bertz CT molecular complexity index is 493. The van der Waals surface area contributed by atoms with Crippen molar-refractivity contribution >= 4 is 5.91 Å². The second-order valence-corrected chi connectivity index (χ2v) is 7.08. The SMILES string of the molecule is CC1CCCC(NC(=O)C2(n3cccn3)CCNCC2)C1C. The molecule has 122 valence electrons. The van der Waals surface area contributed by atoms with Gasteiger partial charge in [-0.25, -0.2) is 0 Å². The number of carbonyl (C=O) groups is 1. The van der Waals surface area contributed by atoms with Gasteiger partial charge in [-0.15, -0.1) is 0 Å². The van der Waals surface area contributed by atoms with E-state index in [1.807, 2.05) is 16.9 Å². The molecule has 2 aliphatic rings. The van der Waals surface area contributed by atoms with Gasteiger partial charge in [-0.3, -0.25) is 9.48 Å². The molecule has 5 nitrogen and oxygen atoms in total. The normalized spacial score (nSPS) is 31.6. The molecule has 1 saturated carbocycles. The van der Waals surface area contributed by atoms with Gasteiger partial charge in [-0.1, -0.05) is 26.7 Å². The van der Waals surface area contributed by atoms with Crippen LogP contribution in [0.15, 0.2) is 18.5 Å². The molecule has 0 spiro atoms. The molecule has 2 fully saturated rings. The maximum atomic E-state index is 13.1. The highest BCUT2D eigenvalue weighted by atomic mass is 16.2. The Balaban J connectivity index is 1.78. The van der Waals surface area contributed by atoms with Gasteiger partial charge in [0.15, 0.2) is 0 Å². The van der Waals surface area contributed by atoms with E-state index in [9.17, 15) is 4.79 Å². The number of carbonyl (C=O) groups excluding carboxylic acids is 1. The van der Waals surface area contributed by atoms with Crippen molar-refractivity contribution in [2.24, 2.45) is 11.8 Å². The minimum absolute atomic E-state index is 0.156. The van der Waals surface area contributed by atoms with E-state index >= 15 is 0 Å². The van der Waals surface area contributed by atoms with E-state index in [1.165, 1.54) is 12.8 Å². The van der Waals surface area contributed by atoms with Crippen LogP contribution < -0.4 is 10.6 Å². The molecule has 5 heteroatoms. The van der Waals surface area contributed by atoms with Crippen molar-refractivity contribution in [3.05, 3.63) is 18.5 Å². The van der Waals surface area contributed by atoms with Crippen LogP contribution in [0.2, 0.25) is 0 Å². The molecule has 0 bridgehead atoms. The number of hydrogen-bond acceptors (Lipinski definition) is 3. The lowest BCUT2D eigenvalue weighted by molar-refractivity contribution is -0.133. The Morgan fingerprint density at radius 1 is 1.32 bits per heavy atom. The van der Waals surface area contributed by atoms with Crippen LogP contribution in [0.4, 0.5) is 0 Å². The van der Waals surface area contributed by atoms with E-state index in [2.05, 4.69) is 29.6 Å². The van der Waals surface area contributed by atoms with Crippen molar-refractivity contribution < 1.29 is 4.79 Å². The summed E-state index contributed by atoms with van der Waals surface area (Å²) in [6, 6.07) is 2.21. The molecule has 2 heterocycles. The molecular formula is C17H28N4O. The molecule has 1 aliphatic carbocycles. The third kappa shape index (κ3) is 2.78. The topological polar surface area (TPSA) is 59.0 Å². The maximum Gasteiger partial charge on any atom is 0.248 e. The van der Waals surface area contributed by atoms with Gasteiger partial charge in [-0.05, 0) is 50.3 Å². The molecule has 2 N–H and O–H groups in total. The predicted molar refractivity (Wildman–Crippen MR) is 86.4 cm³/mol. The Hall–Kier alpha value is -1.36. The Morgan fingerprint density at radius 2 is 2.09 bits per heavy atom. The highest BCUT2D eigenvalue weighted by Gasteiger charge is 2.43.